The Morgan fingerprint density at radius 3 is 2.42 bits per heavy atom. The maximum atomic E-state index is 10.9. The van der Waals surface area contributed by atoms with Crippen LogP contribution in [0.2, 0.25) is 0 Å². The van der Waals surface area contributed by atoms with Gasteiger partial charge in [-0.15, -0.1) is 0 Å². The molecule has 1 aromatic heterocycles. The van der Waals surface area contributed by atoms with Crippen LogP contribution in [0.1, 0.15) is 49.3 Å². The highest BCUT2D eigenvalue weighted by Gasteiger charge is 2.50. The van der Waals surface area contributed by atoms with Crippen molar-refractivity contribution in [3.63, 3.8) is 0 Å². The Bertz CT molecular complexity index is 479. The number of aliphatic carboxylic acids is 1. The number of carbonyl (C=O) groups is 1. The molecule has 0 spiro atoms. The van der Waals surface area contributed by atoms with Crippen LogP contribution in [-0.2, 0) is 11.2 Å². The molecular weight excluding hydrogens is 242 g/mol. The Morgan fingerprint density at radius 2 is 1.84 bits per heavy atom. The predicted octanol–water partition coefficient (Wildman–Crippen LogP) is 2.84. The van der Waals surface area contributed by atoms with E-state index in [9.17, 15) is 4.79 Å². The highest BCUT2D eigenvalue weighted by Crippen LogP contribution is 2.59. The number of hydrogen-bond donors (Lipinski definition) is 1. The average Bonchev–Trinajstić information content (AvgIpc) is 2.75. The summed E-state index contributed by atoms with van der Waals surface area (Å²) in [6.45, 7) is 0. The van der Waals surface area contributed by atoms with Crippen molar-refractivity contribution < 1.29 is 14.4 Å². The molecule has 0 amide bonds. The van der Waals surface area contributed by atoms with Crippen LogP contribution in [0.3, 0.4) is 0 Å². The number of aromatic nitrogens is 1. The third-order valence-corrected chi connectivity index (χ3v) is 5.56. The van der Waals surface area contributed by atoms with Crippen molar-refractivity contribution in [1.82, 2.24) is 5.16 Å². The summed E-state index contributed by atoms with van der Waals surface area (Å²) >= 11 is 0. The molecule has 4 heteroatoms. The zero-order valence-electron chi connectivity index (χ0n) is 10.9. The van der Waals surface area contributed by atoms with Gasteiger partial charge in [-0.3, -0.25) is 4.79 Å². The van der Waals surface area contributed by atoms with E-state index in [1.807, 2.05) is 0 Å². The summed E-state index contributed by atoms with van der Waals surface area (Å²) in [5.74, 6) is 2.94. The average molecular weight is 261 g/mol. The quantitative estimate of drug-likeness (QED) is 0.908. The van der Waals surface area contributed by atoms with E-state index in [0.29, 0.717) is 17.8 Å². The number of carboxylic acid groups (broad SMARTS) is 1. The summed E-state index contributed by atoms with van der Waals surface area (Å²) in [4.78, 5) is 10.9. The molecule has 1 heterocycles. The van der Waals surface area contributed by atoms with E-state index in [-0.39, 0.29) is 6.42 Å². The fourth-order valence-corrected chi connectivity index (χ4v) is 5.21. The smallest absolute Gasteiger partial charge is 0.308 e. The first-order chi connectivity index (χ1) is 9.20. The van der Waals surface area contributed by atoms with E-state index in [1.54, 1.807) is 0 Å². The van der Waals surface area contributed by atoms with Gasteiger partial charge in [-0.2, -0.15) is 0 Å². The molecule has 102 valence electrons. The fourth-order valence-electron chi connectivity index (χ4n) is 5.21. The standard InChI is InChI=1S/C15H19NO3/c17-13(18)6-12-7-19-16-15(12)14-10-2-8-1-9(4-10)5-11(14)3-8/h7-11,14H,1-6H2,(H,17,18). The number of nitrogens with zero attached hydrogens (tertiary/aromatic N) is 1. The molecule has 4 aliphatic rings. The molecule has 0 unspecified atom stereocenters. The van der Waals surface area contributed by atoms with Crippen LogP contribution in [0.5, 0.6) is 0 Å². The van der Waals surface area contributed by atoms with Crippen LogP contribution in [0.25, 0.3) is 0 Å². The number of rotatable bonds is 3. The van der Waals surface area contributed by atoms with Crippen molar-refractivity contribution in [1.29, 1.82) is 0 Å². The summed E-state index contributed by atoms with van der Waals surface area (Å²) in [7, 11) is 0. The first kappa shape index (κ1) is 11.5. The molecule has 0 aliphatic heterocycles. The van der Waals surface area contributed by atoms with Gasteiger partial charge >= 0.3 is 5.97 Å². The summed E-state index contributed by atoms with van der Waals surface area (Å²) in [5.41, 5.74) is 1.75. The van der Waals surface area contributed by atoms with E-state index < -0.39 is 5.97 Å². The maximum Gasteiger partial charge on any atom is 0.308 e. The Hall–Kier alpha value is -1.32. The lowest BCUT2D eigenvalue weighted by Gasteiger charge is -2.54. The van der Waals surface area contributed by atoms with Crippen molar-refractivity contribution in [2.24, 2.45) is 23.7 Å². The van der Waals surface area contributed by atoms with Gasteiger partial charge in [-0.1, -0.05) is 5.16 Å². The van der Waals surface area contributed by atoms with E-state index in [1.165, 1.54) is 38.4 Å². The van der Waals surface area contributed by atoms with E-state index >= 15 is 0 Å². The minimum absolute atomic E-state index is 0.0433. The van der Waals surface area contributed by atoms with Crippen molar-refractivity contribution in [3.05, 3.63) is 17.5 Å². The molecule has 4 nitrogen and oxygen atoms in total. The lowest BCUT2D eigenvalue weighted by Crippen LogP contribution is -2.44. The molecule has 0 saturated heterocycles. The van der Waals surface area contributed by atoms with Gasteiger partial charge < -0.3 is 9.63 Å². The molecule has 5 rings (SSSR count). The monoisotopic (exact) mass is 261 g/mol. The first-order valence-corrected chi connectivity index (χ1v) is 7.35. The van der Waals surface area contributed by atoms with Gasteiger partial charge in [0.15, 0.2) is 0 Å². The molecule has 0 aromatic carbocycles. The molecule has 4 fully saturated rings. The SMILES string of the molecule is O=C(O)Cc1conc1C1C2CC3CC(C2)CC1C3. The second-order valence-electron chi connectivity index (χ2n) is 6.75. The molecule has 19 heavy (non-hydrogen) atoms. The Kier molecular flexibility index (Phi) is 2.47. The van der Waals surface area contributed by atoms with Gasteiger partial charge in [-0.05, 0) is 55.8 Å². The molecule has 4 bridgehead atoms. The van der Waals surface area contributed by atoms with Crippen molar-refractivity contribution in [2.75, 3.05) is 0 Å². The van der Waals surface area contributed by atoms with Crippen molar-refractivity contribution in [2.45, 2.75) is 44.4 Å². The van der Waals surface area contributed by atoms with Gasteiger partial charge in [0.25, 0.3) is 0 Å². The molecule has 1 N–H and O–H groups in total. The predicted molar refractivity (Wildman–Crippen MR) is 67.6 cm³/mol. The van der Waals surface area contributed by atoms with Crippen LogP contribution < -0.4 is 0 Å². The van der Waals surface area contributed by atoms with Gasteiger partial charge in [0, 0.05) is 11.5 Å². The second-order valence-corrected chi connectivity index (χ2v) is 6.75. The van der Waals surface area contributed by atoms with Crippen LogP contribution in [0.4, 0.5) is 0 Å². The molecule has 4 aliphatic carbocycles. The van der Waals surface area contributed by atoms with E-state index in [4.69, 9.17) is 9.63 Å². The lowest BCUT2D eigenvalue weighted by atomic mass is 9.51. The maximum absolute atomic E-state index is 10.9. The fraction of sp³-hybridized carbons (Fsp3) is 0.733. The van der Waals surface area contributed by atoms with E-state index in [2.05, 4.69) is 5.16 Å². The minimum Gasteiger partial charge on any atom is -0.481 e. The summed E-state index contributed by atoms with van der Waals surface area (Å²) in [6.07, 6.45) is 8.28. The Morgan fingerprint density at radius 1 is 1.21 bits per heavy atom. The van der Waals surface area contributed by atoms with Gasteiger partial charge in [0.1, 0.15) is 6.26 Å². The topological polar surface area (TPSA) is 63.3 Å². The first-order valence-electron chi connectivity index (χ1n) is 7.35. The number of carboxylic acids is 1. The molecule has 0 atom stereocenters. The van der Waals surface area contributed by atoms with Crippen LogP contribution in [0.15, 0.2) is 10.8 Å². The molecule has 1 aromatic rings. The van der Waals surface area contributed by atoms with Crippen LogP contribution in [0, 0.1) is 23.7 Å². The van der Waals surface area contributed by atoms with Gasteiger partial charge in [0.2, 0.25) is 0 Å². The molecule has 4 saturated carbocycles. The normalized spacial score (nSPS) is 39.7. The minimum atomic E-state index is -0.798. The molecular formula is C15H19NO3. The van der Waals surface area contributed by atoms with Crippen LogP contribution >= 0.6 is 0 Å². The summed E-state index contributed by atoms with van der Waals surface area (Å²) in [5, 5.41) is 13.2. The highest BCUT2D eigenvalue weighted by molar-refractivity contribution is 5.70. The van der Waals surface area contributed by atoms with Crippen molar-refractivity contribution in [3.8, 4) is 0 Å². The zero-order valence-corrected chi connectivity index (χ0v) is 10.9. The third kappa shape index (κ3) is 1.80. The Labute approximate surface area is 112 Å². The number of hydrogen-bond acceptors (Lipinski definition) is 3. The van der Waals surface area contributed by atoms with E-state index in [0.717, 1.165) is 23.1 Å². The largest absolute Gasteiger partial charge is 0.481 e. The summed E-state index contributed by atoms with van der Waals surface area (Å²) < 4.78 is 5.09. The Balaban J connectivity index is 1.65. The highest BCUT2D eigenvalue weighted by atomic mass is 16.5. The zero-order chi connectivity index (χ0) is 13.0. The summed E-state index contributed by atoms with van der Waals surface area (Å²) in [6, 6.07) is 0. The second kappa shape index (κ2) is 4.09. The molecule has 0 radical (unpaired) electrons. The van der Waals surface area contributed by atoms with Crippen molar-refractivity contribution >= 4 is 5.97 Å². The van der Waals surface area contributed by atoms with Gasteiger partial charge in [-0.25, -0.2) is 0 Å². The lowest BCUT2D eigenvalue weighted by molar-refractivity contribution is -0.136. The van der Waals surface area contributed by atoms with Gasteiger partial charge in [0.05, 0.1) is 12.1 Å². The van der Waals surface area contributed by atoms with Crippen LogP contribution in [-0.4, -0.2) is 16.2 Å². The third-order valence-electron chi connectivity index (χ3n) is 5.56.